The fraction of sp³-hybridized carbons (Fsp3) is 0.571. The van der Waals surface area contributed by atoms with E-state index in [1.807, 2.05) is 12.1 Å². The highest BCUT2D eigenvalue weighted by Gasteiger charge is 2.12. The first-order valence-electron chi connectivity index (χ1n) is 6.01. The molecule has 2 nitrogen and oxygen atoms in total. The van der Waals surface area contributed by atoms with Crippen LogP contribution in [-0.2, 0) is 0 Å². The van der Waals surface area contributed by atoms with Gasteiger partial charge in [0.2, 0.25) is 0 Å². The highest BCUT2D eigenvalue weighted by molar-refractivity contribution is 5.29. The second-order valence-corrected chi connectivity index (χ2v) is 4.86. The van der Waals surface area contributed by atoms with Gasteiger partial charge in [0, 0.05) is 6.54 Å². The Hall–Kier alpha value is -1.02. The summed E-state index contributed by atoms with van der Waals surface area (Å²) >= 11 is 0. The third-order valence-corrected chi connectivity index (χ3v) is 2.81. The Kier molecular flexibility index (Phi) is 4.81. The average molecular weight is 221 g/mol. The second-order valence-electron chi connectivity index (χ2n) is 4.86. The smallest absolute Gasteiger partial charge is 0.119 e. The zero-order chi connectivity index (χ0) is 12.1. The van der Waals surface area contributed by atoms with Crippen LogP contribution in [0.25, 0.3) is 0 Å². The molecule has 2 heteroatoms. The van der Waals surface area contributed by atoms with Crippen molar-refractivity contribution in [3.63, 3.8) is 0 Å². The molecule has 16 heavy (non-hydrogen) atoms. The fourth-order valence-electron chi connectivity index (χ4n) is 1.56. The quantitative estimate of drug-likeness (QED) is 0.829. The van der Waals surface area contributed by atoms with E-state index in [0.29, 0.717) is 18.4 Å². The molecule has 1 aromatic rings. The number of nitrogens with two attached hydrogens (primary N) is 1. The minimum Gasteiger partial charge on any atom is -0.489 e. The molecule has 0 aromatic heterocycles. The van der Waals surface area contributed by atoms with Crippen LogP contribution in [-0.4, -0.2) is 12.6 Å². The van der Waals surface area contributed by atoms with Gasteiger partial charge in [-0.1, -0.05) is 39.8 Å². The summed E-state index contributed by atoms with van der Waals surface area (Å²) in [5.41, 5.74) is 7.01. The van der Waals surface area contributed by atoms with E-state index in [1.54, 1.807) is 0 Å². The predicted octanol–water partition coefficient (Wildman–Crippen LogP) is 3.17. The van der Waals surface area contributed by atoms with Crippen LogP contribution in [0.2, 0.25) is 0 Å². The molecule has 0 fully saturated rings. The minimum atomic E-state index is 0.102. The van der Waals surface area contributed by atoms with E-state index in [1.165, 1.54) is 5.56 Å². The molecule has 1 aromatic carbocycles. The molecule has 0 radical (unpaired) electrons. The summed E-state index contributed by atoms with van der Waals surface area (Å²) in [7, 11) is 0. The number of hydrogen-bond acceptors (Lipinski definition) is 2. The van der Waals surface area contributed by atoms with Crippen molar-refractivity contribution in [2.75, 3.05) is 6.54 Å². The van der Waals surface area contributed by atoms with Crippen molar-refractivity contribution in [1.82, 2.24) is 0 Å². The van der Waals surface area contributed by atoms with Gasteiger partial charge in [0.1, 0.15) is 11.9 Å². The van der Waals surface area contributed by atoms with Gasteiger partial charge in [0.05, 0.1) is 0 Å². The number of rotatable bonds is 5. The third-order valence-electron chi connectivity index (χ3n) is 2.81. The van der Waals surface area contributed by atoms with E-state index >= 15 is 0 Å². The van der Waals surface area contributed by atoms with E-state index in [0.717, 1.165) is 5.75 Å². The summed E-state index contributed by atoms with van der Waals surface area (Å²) in [6.07, 6.45) is 0.102. The lowest BCUT2D eigenvalue weighted by Crippen LogP contribution is -2.31. The number of benzene rings is 1. The normalized spacial score (nSPS) is 13.2. The molecule has 0 bridgehead atoms. The Labute approximate surface area is 98.8 Å². The molecule has 1 rings (SSSR count). The molecular formula is C14H23NO. The van der Waals surface area contributed by atoms with Gasteiger partial charge in [0.15, 0.2) is 0 Å². The molecule has 2 N–H and O–H groups in total. The number of hydrogen-bond donors (Lipinski definition) is 1. The zero-order valence-electron chi connectivity index (χ0n) is 10.7. The monoisotopic (exact) mass is 221 g/mol. The Balaban J connectivity index is 2.67. The summed E-state index contributed by atoms with van der Waals surface area (Å²) < 4.78 is 5.83. The highest BCUT2D eigenvalue weighted by Crippen LogP contribution is 2.20. The van der Waals surface area contributed by atoms with Crippen LogP contribution >= 0.6 is 0 Å². The van der Waals surface area contributed by atoms with Crippen molar-refractivity contribution in [1.29, 1.82) is 0 Å². The SMILES string of the molecule is CC(C)c1ccc(OC(CN)C(C)C)cc1. The molecule has 0 spiro atoms. The summed E-state index contributed by atoms with van der Waals surface area (Å²) in [6.45, 7) is 9.18. The highest BCUT2D eigenvalue weighted by atomic mass is 16.5. The third kappa shape index (κ3) is 3.53. The van der Waals surface area contributed by atoms with E-state index in [-0.39, 0.29) is 6.10 Å². The van der Waals surface area contributed by atoms with Gasteiger partial charge >= 0.3 is 0 Å². The largest absolute Gasteiger partial charge is 0.489 e. The summed E-state index contributed by atoms with van der Waals surface area (Å²) in [4.78, 5) is 0. The Morgan fingerprint density at radius 1 is 1.06 bits per heavy atom. The zero-order valence-corrected chi connectivity index (χ0v) is 10.7. The van der Waals surface area contributed by atoms with Crippen LogP contribution in [0.5, 0.6) is 5.75 Å². The average Bonchev–Trinajstić information content (AvgIpc) is 2.26. The van der Waals surface area contributed by atoms with Crippen LogP contribution in [0.1, 0.15) is 39.2 Å². The maximum atomic E-state index is 5.83. The Morgan fingerprint density at radius 3 is 2.00 bits per heavy atom. The Bertz CT molecular complexity index is 303. The Morgan fingerprint density at radius 2 is 1.62 bits per heavy atom. The van der Waals surface area contributed by atoms with Crippen LogP contribution in [0, 0.1) is 5.92 Å². The molecule has 0 aliphatic heterocycles. The fourth-order valence-corrected chi connectivity index (χ4v) is 1.56. The molecule has 0 aliphatic carbocycles. The van der Waals surface area contributed by atoms with Gasteiger partial charge in [-0.2, -0.15) is 0 Å². The lowest BCUT2D eigenvalue weighted by atomic mass is 10.0. The molecule has 0 saturated carbocycles. The maximum absolute atomic E-state index is 5.83. The van der Waals surface area contributed by atoms with Gasteiger partial charge in [-0.3, -0.25) is 0 Å². The van der Waals surface area contributed by atoms with Crippen molar-refractivity contribution < 1.29 is 4.74 Å². The van der Waals surface area contributed by atoms with Crippen LogP contribution in [0.3, 0.4) is 0 Å². The van der Waals surface area contributed by atoms with E-state index < -0.39 is 0 Å². The number of ether oxygens (including phenoxy) is 1. The van der Waals surface area contributed by atoms with Gasteiger partial charge in [-0.15, -0.1) is 0 Å². The van der Waals surface area contributed by atoms with Crippen molar-refractivity contribution in [3.05, 3.63) is 29.8 Å². The van der Waals surface area contributed by atoms with Crippen LogP contribution < -0.4 is 10.5 Å². The molecule has 0 aliphatic rings. The molecule has 90 valence electrons. The molecular weight excluding hydrogens is 198 g/mol. The summed E-state index contributed by atoms with van der Waals surface area (Å²) in [5, 5.41) is 0. The van der Waals surface area contributed by atoms with Crippen LogP contribution in [0.4, 0.5) is 0 Å². The van der Waals surface area contributed by atoms with Crippen molar-refractivity contribution >= 4 is 0 Å². The predicted molar refractivity (Wildman–Crippen MR) is 68.8 cm³/mol. The summed E-state index contributed by atoms with van der Waals surface area (Å²) in [5.74, 6) is 1.91. The molecule has 0 heterocycles. The standard InChI is InChI=1S/C14H23NO/c1-10(2)12-5-7-13(8-6-12)16-14(9-15)11(3)4/h5-8,10-11,14H,9,15H2,1-4H3. The maximum Gasteiger partial charge on any atom is 0.119 e. The lowest BCUT2D eigenvalue weighted by Gasteiger charge is -2.21. The molecule has 1 atom stereocenters. The molecule has 0 amide bonds. The molecule has 1 unspecified atom stereocenters. The van der Waals surface area contributed by atoms with Gasteiger partial charge in [0.25, 0.3) is 0 Å². The first kappa shape index (κ1) is 13.0. The minimum absolute atomic E-state index is 0.102. The van der Waals surface area contributed by atoms with Crippen molar-refractivity contribution in [2.24, 2.45) is 11.7 Å². The topological polar surface area (TPSA) is 35.2 Å². The van der Waals surface area contributed by atoms with Crippen molar-refractivity contribution in [3.8, 4) is 5.75 Å². The van der Waals surface area contributed by atoms with E-state index in [9.17, 15) is 0 Å². The van der Waals surface area contributed by atoms with Gasteiger partial charge in [-0.05, 0) is 29.5 Å². The lowest BCUT2D eigenvalue weighted by molar-refractivity contribution is 0.159. The summed E-state index contributed by atoms with van der Waals surface area (Å²) in [6, 6.07) is 8.29. The van der Waals surface area contributed by atoms with E-state index in [2.05, 4.69) is 39.8 Å². The van der Waals surface area contributed by atoms with Crippen LogP contribution in [0.15, 0.2) is 24.3 Å². The first-order valence-corrected chi connectivity index (χ1v) is 6.01. The van der Waals surface area contributed by atoms with Gasteiger partial charge < -0.3 is 10.5 Å². The second kappa shape index (κ2) is 5.90. The van der Waals surface area contributed by atoms with E-state index in [4.69, 9.17) is 10.5 Å². The van der Waals surface area contributed by atoms with Crippen molar-refractivity contribution in [2.45, 2.75) is 39.7 Å². The first-order chi connectivity index (χ1) is 7.54. The molecule has 0 saturated heterocycles. The van der Waals surface area contributed by atoms with Gasteiger partial charge in [-0.25, -0.2) is 0 Å².